The lowest BCUT2D eigenvalue weighted by molar-refractivity contribution is -0.129. The molecule has 3 rings (SSSR count). The molecule has 1 heterocycles. The van der Waals surface area contributed by atoms with Gasteiger partial charge in [-0.3, -0.25) is 0 Å². The maximum atomic E-state index is 12.2. The second kappa shape index (κ2) is 8.86. The first kappa shape index (κ1) is 20.5. The van der Waals surface area contributed by atoms with Gasteiger partial charge in [0.25, 0.3) is 0 Å². The number of aliphatic imine (C=N–C) groups is 1. The molecule has 0 amide bonds. The molecule has 8 heteroatoms. The van der Waals surface area contributed by atoms with Crippen molar-refractivity contribution in [2.45, 2.75) is 13.3 Å². The number of ether oxygens (including phenoxy) is 3. The number of halogens is 3. The van der Waals surface area contributed by atoms with E-state index >= 15 is 0 Å². The zero-order valence-electron chi connectivity index (χ0n) is 15.1. The van der Waals surface area contributed by atoms with Gasteiger partial charge in [-0.15, -0.1) is 0 Å². The minimum Gasteiger partial charge on any atom is -0.493 e. The first-order valence-electron chi connectivity index (χ1n) is 8.41. The number of methoxy groups -OCH3 is 1. The predicted octanol–water partition coefficient (Wildman–Crippen LogP) is 5.79. The fourth-order valence-corrected chi connectivity index (χ4v) is 3.06. The third-order valence-corrected chi connectivity index (χ3v) is 4.81. The molecule has 0 bridgehead atoms. The third-order valence-electron chi connectivity index (χ3n) is 3.79. The van der Waals surface area contributed by atoms with Crippen LogP contribution in [0.25, 0.3) is 6.08 Å². The van der Waals surface area contributed by atoms with Crippen LogP contribution in [0.1, 0.15) is 24.5 Å². The summed E-state index contributed by atoms with van der Waals surface area (Å²) in [4.78, 5) is 16.5. The molecular weight excluding hydrogens is 425 g/mol. The first-order valence-corrected chi connectivity index (χ1v) is 9.54. The quantitative estimate of drug-likeness (QED) is 0.421. The van der Waals surface area contributed by atoms with Crippen molar-refractivity contribution in [1.29, 1.82) is 0 Å². The molecule has 146 valence electrons. The molecule has 0 spiro atoms. The molecular formula is C20H16Cl3NO4. The topological polar surface area (TPSA) is 57.1 Å². The van der Waals surface area contributed by atoms with Crippen molar-refractivity contribution < 1.29 is 19.0 Å². The Morgan fingerprint density at radius 2 is 1.89 bits per heavy atom. The molecule has 0 atom stereocenters. The summed E-state index contributed by atoms with van der Waals surface area (Å²) in [6, 6.07) is 8.24. The smallest absolute Gasteiger partial charge is 0.363 e. The van der Waals surface area contributed by atoms with Crippen LogP contribution in [-0.2, 0) is 9.53 Å². The summed E-state index contributed by atoms with van der Waals surface area (Å²) in [6.07, 6.45) is 2.40. The van der Waals surface area contributed by atoms with Crippen molar-refractivity contribution in [2.24, 2.45) is 4.99 Å². The van der Waals surface area contributed by atoms with Gasteiger partial charge in [0.1, 0.15) is 0 Å². The summed E-state index contributed by atoms with van der Waals surface area (Å²) < 4.78 is 16.2. The zero-order valence-corrected chi connectivity index (χ0v) is 17.4. The third kappa shape index (κ3) is 4.43. The van der Waals surface area contributed by atoms with E-state index in [-0.39, 0.29) is 11.6 Å². The van der Waals surface area contributed by atoms with Gasteiger partial charge >= 0.3 is 5.97 Å². The highest BCUT2D eigenvalue weighted by atomic mass is 35.5. The highest BCUT2D eigenvalue weighted by Crippen LogP contribution is 2.37. The molecule has 0 aliphatic carbocycles. The van der Waals surface area contributed by atoms with Crippen molar-refractivity contribution in [3.8, 4) is 11.5 Å². The van der Waals surface area contributed by atoms with Gasteiger partial charge in [0.15, 0.2) is 17.2 Å². The number of carbonyl (C=O) groups is 1. The average molecular weight is 441 g/mol. The van der Waals surface area contributed by atoms with E-state index in [1.807, 2.05) is 6.92 Å². The van der Waals surface area contributed by atoms with Crippen LogP contribution in [0.15, 0.2) is 41.0 Å². The summed E-state index contributed by atoms with van der Waals surface area (Å²) in [6.45, 7) is 2.51. The summed E-state index contributed by atoms with van der Waals surface area (Å²) in [5.74, 6) is 0.494. The van der Waals surface area contributed by atoms with Crippen LogP contribution in [0.4, 0.5) is 0 Å². The minimum atomic E-state index is -0.581. The van der Waals surface area contributed by atoms with E-state index < -0.39 is 5.97 Å². The molecule has 28 heavy (non-hydrogen) atoms. The van der Waals surface area contributed by atoms with Crippen molar-refractivity contribution in [3.05, 3.63) is 62.2 Å². The van der Waals surface area contributed by atoms with Gasteiger partial charge in [0.2, 0.25) is 5.90 Å². The maximum absolute atomic E-state index is 12.2. The minimum absolute atomic E-state index is 0.126. The molecule has 0 saturated carbocycles. The fourth-order valence-electron chi connectivity index (χ4n) is 2.49. The Balaban J connectivity index is 1.94. The van der Waals surface area contributed by atoms with Gasteiger partial charge in [0.05, 0.1) is 28.8 Å². The molecule has 0 N–H and O–H groups in total. The lowest BCUT2D eigenvalue weighted by Crippen LogP contribution is -2.05. The Bertz CT molecular complexity index is 986. The normalized spacial score (nSPS) is 14.8. The Labute approximate surface area is 177 Å². The number of hydrogen-bond acceptors (Lipinski definition) is 5. The number of rotatable bonds is 6. The van der Waals surface area contributed by atoms with Crippen LogP contribution in [-0.4, -0.2) is 25.6 Å². The lowest BCUT2D eigenvalue weighted by atomic mass is 10.1. The fraction of sp³-hybridized carbons (Fsp3) is 0.200. The standard InChI is InChI=1S/C20H16Cl3NO4/c1-3-6-27-18-15(23)7-11(9-17(18)26-2)8-16-20(25)28-19(24-16)12-4-5-13(21)14(22)10-12/h4-5,7-10H,3,6H2,1-2H3/b16-8-. The number of nitrogens with zero attached hydrogens (tertiary/aromatic N) is 1. The Morgan fingerprint density at radius 1 is 1.11 bits per heavy atom. The Kier molecular flexibility index (Phi) is 6.50. The summed E-state index contributed by atoms with van der Waals surface area (Å²) in [5.41, 5.74) is 1.29. The second-order valence-electron chi connectivity index (χ2n) is 5.85. The second-order valence-corrected chi connectivity index (χ2v) is 7.07. The van der Waals surface area contributed by atoms with Crippen molar-refractivity contribution in [1.82, 2.24) is 0 Å². The van der Waals surface area contributed by atoms with E-state index in [4.69, 9.17) is 49.0 Å². The van der Waals surface area contributed by atoms with Gasteiger partial charge < -0.3 is 14.2 Å². The lowest BCUT2D eigenvalue weighted by Gasteiger charge is -2.12. The maximum Gasteiger partial charge on any atom is 0.363 e. The monoisotopic (exact) mass is 439 g/mol. The highest BCUT2D eigenvalue weighted by molar-refractivity contribution is 6.42. The molecule has 0 radical (unpaired) electrons. The zero-order chi connectivity index (χ0) is 20.3. The van der Waals surface area contributed by atoms with Gasteiger partial charge in [-0.25, -0.2) is 9.79 Å². The molecule has 0 aromatic heterocycles. The summed E-state index contributed by atoms with van der Waals surface area (Å²) >= 11 is 18.2. The Morgan fingerprint density at radius 3 is 2.57 bits per heavy atom. The van der Waals surface area contributed by atoms with Crippen molar-refractivity contribution in [2.75, 3.05) is 13.7 Å². The van der Waals surface area contributed by atoms with Crippen molar-refractivity contribution >= 4 is 52.7 Å². The van der Waals surface area contributed by atoms with E-state index in [2.05, 4.69) is 4.99 Å². The van der Waals surface area contributed by atoms with Crippen LogP contribution in [0.3, 0.4) is 0 Å². The average Bonchev–Trinajstić information content (AvgIpc) is 3.03. The Hall–Kier alpha value is -2.21. The van der Waals surface area contributed by atoms with Crippen LogP contribution < -0.4 is 9.47 Å². The summed E-state index contributed by atoms with van der Waals surface area (Å²) in [5, 5.41) is 1.12. The number of esters is 1. The van der Waals surface area contributed by atoms with E-state index in [9.17, 15) is 4.79 Å². The predicted molar refractivity (Wildman–Crippen MR) is 111 cm³/mol. The molecule has 0 saturated heterocycles. The molecule has 2 aromatic carbocycles. The van der Waals surface area contributed by atoms with Crippen LogP contribution in [0.5, 0.6) is 11.5 Å². The van der Waals surface area contributed by atoms with Crippen molar-refractivity contribution in [3.63, 3.8) is 0 Å². The number of hydrogen-bond donors (Lipinski definition) is 0. The van der Waals surface area contributed by atoms with Gasteiger partial charge in [0, 0.05) is 5.56 Å². The largest absolute Gasteiger partial charge is 0.493 e. The number of carbonyl (C=O) groups excluding carboxylic acids is 1. The molecule has 2 aromatic rings. The highest BCUT2D eigenvalue weighted by Gasteiger charge is 2.25. The van der Waals surface area contributed by atoms with E-state index in [0.717, 1.165) is 6.42 Å². The van der Waals surface area contributed by atoms with Crippen LogP contribution in [0.2, 0.25) is 15.1 Å². The molecule has 1 aliphatic rings. The van der Waals surface area contributed by atoms with E-state index in [1.165, 1.54) is 7.11 Å². The van der Waals surface area contributed by atoms with Crippen LogP contribution >= 0.6 is 34.8 Å². The summed E-state index contributed by atoms with van der Waals surface area (Å²) in [7, 11) is 1.52. The molecule has 5 nitrogen and oxygen atoms in total. The van der Waals surface area contributed by atoms with E-state index in [1.54, 1.807) is 36.4 Å². The molecule has 1 aliphatic heterocycles. The van der Waals surface area contributed by atoms with Gasteiger partial charge in [-0.05, 0) is 48.4 Å². The van der Waals surface area contributed by atoms with Crippen LogP contribution in [0, 0.1) is 0 Å². The first-order chi connectivity index (χ1) is 13.4. The van der Waals surface area contributed by atoms with E-state index in [0.29, 0.717) is 44.3 Å². The number of cyclic esters (lactones) is 1. The van der Waals surface area contributed by atoms with Gasteiger partial charge in [-0.1, -0.05) is 41.7 Å². The molecule has 0 fully saturated rings. The number of benzene rings is 2. The molecule has 0 unspecified atom stereocenters. The van der Waals surface area contributed by atoms with Gasteiger partial charge in [-0.2, -0.15) is 0 Å². The SMILES string of the molecule is CCCOc1c(Cl)cc(/C=C2\N=C(c3ccc(Cl)c(Cl)c3)OC2=O)cc1OC.